The van der Waals surface area contributed by atoms with Crippen LogP contribution in [-0.4, -0.2) is 28.1 Å². The Morgan fingerprint density at radius 1 is 1.03 bits per heavy atom. The van der Waals surface area contributed by atoms with Gasteiger partial charge in [0.25, 0.3) is 11.8 Å². The van der Waals surface area contributed by atoms with Gasteiger partial charge in [-0.15, -0.1) is 0 Å². The van der Waals surface area contributed by atoms with Crippen LogP contribution < -0.4 is 15.4 Å². The van der Waals surface area contributed by atoms with Gasteiger partial charge in [-0.2, -0.15) is 0 Å². The Bertz CT molecular complexity index is 1120. The highest BCUT2D eigenvalue weighted by Gasteiger charge is 2.26. The van der Waals surface area contributed by atoms with E-state index < -0.39 is 11.8 Å². The van der Waals surface area contributed by atoms with Crippen LogP contribution in [0.4, 0.5) is 0 Å². The number of para-hydroxylation sites is 1. The van der Waals surface area contributed by atoms with Crippen LogP contribution in [0, 0.1) is 6.92 Å². The molecule has 6 nitrogen and oxygen atoms in total. The molecule has 2 heterocycles. The number of nitrogens with zero attached hydrogens (tertiary/aromatic N) is 1. The van der Waals surface area contributed by atoms with E-state index in [0.717, 1.165) is 22.2 Å². The van der Waals surface area contributed by atoms with Crippen molar-refractivity contribution in [3.05, 3.63) is 71.4 Å². The van der Waals surface area contributed by atoms with Gasteiger partial charge in [-0.25, -0.2) is 0 Å². The maximum absolute atomic E-state index is 12.2. The molecule has 0 spiro atoms. The number of nitrogens with one attached hydrogen (secondary N) is 2. The first-order valence-corrected chi connectivity index (χ1v) is 9.58. The van der Waals surface area contributed by atoms with Gasteiger partial charge in [0, 0.05) is 22.7 Å². The Balaban J connectivity index is 1.59. The highest BCUT2D eigenvalue weighted by Crippen LogP contribution is 2.24. The van der Waals surface area contributed by atoms with Crippen molar-refractivity contribution in [2.24, 2.45) is 0 Å². The van der Waals surface area contributed by atoms with Gasteiger partial charge in [-0.05, 0) is 43.4 Å². The lowest BCUT2D eigenvalue weighted by Crippen LogP contribution is -2.51. The number of rotatable bonds is 5. The summed E-state index contributed by atoms with van der Waals surface area (Å²) in [5, 5.41) is 5.88. The van der Waals surface area contributed by atoms with Gasteiger partial charge in [0.15, 0.2) is 5.11 Å². The number of thiocarbonyl (C=S) groups is 1. The highest BCUT2D eigenvalue weighted by molar-refractivity contribution is 7.80. The number of hydrogen-bond donors (Lipinski definition) is 2. The molecule has 0 radical (unpaired) electrons. The number of carbonyl (C=O) groups is 2. The first-order chi connectivity index (χ1) is 14.0. The molecular weight excluding hydrogens is 386 g/mol. The molecule has 0 aliphatic carbocycles. The monoisotopic (exact) mass is 405 g/mol. The Labute approximate surface area is 173 Å². The average molecular weight is 405 g/mol. The van der Waals surface area contributed by atoms with Crippen molar-refractivity contribution in [3.63, 3.8) is 0 Å². The van der Waals surface area contributed by atoms with E-state index in [4.69, 9.17) is 17.0 Å². The smallest absolute Gasteiger partial charge is 0.263 e. The number of amides is 2. The molecule has 1 saturated heterocycles. The van der Waals surface area contributed by atoms with Crippen LogP contribution in [0.5, 0.6) is 5.75 Å². The van der Waals surface area contributed by atoms with E-state index in [1.165, 1.54) is 5.56 Å². The van der Waals surface area contributed by atoms with Crippen molar-refractivity contribution in [1.82, 2.24) is 15.2 Å². The van der Waals surface area contributed by atoms with Gasteiger partial charge in [0.1, 0.15) is 17.9 Å². The zero-order valence-electron chi connectivity index (χ0n) is 15.8. The number of fused-ring (bicyclic) bond motifs is 1. The van der Waals surface area contributed by atoms with Crippen molar-refractivity contribution in [2.45, 2.75) is 13.5 Å². The molecule has 3 aromatic rings. The van der Waals surface area contributed by atoms with Crippen molar-refractivity contribution in [2.75, 3.05) is 6.61 Å². The zero-order valence-corrected chi connectivity index (χ0v) is 16.6. The lowest BCUT2D eigenvalue weighted by molar-refractivity contribution is -0.123. The Hall–Kier alpha value is -3.45. The van der Waals surface area contributed by atoms with Crippen LogP contribution in [0.3, 0.4) is 0 Å². The van der Waals surface area contributed by atoms with Crippen molar-refractivity contribution >= 4 is 46.1 Å². The summed E-state index contributed by atoms with van der Waals surface area (Å²) >= 11 is 4.84. The zero-order chi connectivity index (χ0) is 20.4. The van der Waals surface area contributed by atoms with E-state index in [-0.39, 0.29) is 10.7 Å². The molecule has 0 atom stereocenters. The summed E-state index contributed by atoms with van der Waals surface area (Å²) in [5.74, 6) is -0.183. The molecule has 2 aromatic carbocycles. The van der Waals surface area contributed by atoms with Crippen LogP contribution in [0.15, 0.2) is 60.3 Å². The second-order valence-electron chi connectivity index (χ2n) is 6.75. The van der Waals surface area contributed by atoms with Crippen LogP contribution in [0.1, 0.15) is 11.1 Å². The Kier molecular flexibility index (Phi) is 5.14. The fourth-order valence-electron chi connectivity index (χ4n) is 3.23. The largest absolute Gasteiger partial charge is 0.492 e. The molecule has 146 valence electrons. The van der Waals surface area contributed by atoms with Gasteiger partial charge in [0.2, 0.25) is 0 Å². The van der Waals surface area contributed by atoms with E-state index in [0.29, 0.717) is 13.2 Å². The first-order valence-electron chi connectivity index (χ1n) is 9.17. The number of ether oxygens (including phenoxy) is 1. The van der Waals surface area contributed by atoms with E-state index in [2.05, 4.69) is 15.2 Å². The van der Waals surface area contributed by atoms with Crippen LogP contribution in [-0.2, 0) is 16.1 Å². The predicted octanol–water partition coefficient (Wildman–Crippen LogP) is 2.94. The van der Waals surface area contributed by atoms with Gasteiger partial charge in [-0.1, -0.05) is 35.9 Å². The molecule has 1 aliphatic heterocycles. The number of aromatic nitrogens is 1. The minimum atomic E-state index is -0.502. The fraction of sp³-hybridized carbons (Fsp3) is 0.136. The van der Waals surface area contributed by atoms with Crippen molar-refractivity contribution in [1.29, 1.82) is 0 Å². The molecular formula is C22H19N3O3S. The quantitative estimate of drug-likeness (QED) is 0.389. The molecule has 1 aliphatic rings. The van der Waals surface area contributed by atoms with Gasteiger partial charge < -0.3 is 9.30 Å². The third kappa shape index (κ3) is 4.05. The number of carbonyl (C=O) groups excluding carboxylic acids is 2. The summed E-state index contributed by atoms with van der Waals surface area (Å²) in [7, 11) is 0. The van der Waals surface area contributed by atoms with Crippen LogP contribution in [0.2, 0.25) is 0 Å². The molecule has 1 aromatic heterocycles. The summed E-state index contributed by atoms with van der Waals surface area (Å²) in [4.78, 5) is 24.3. The standard InChI is InChI=1S/C22H19N3O3S/c1-14-6-8-16(9-7-14)28-11-10-25-13-15(17-4-2-3-5-19(17)25)12-18-20(26)23-22(29)24-21(18)27/h2-9,12-13H,10-11H2,1H3,(H2,23,24,26,27,29). The molecule has 2 N–H and O–H groups in total. The lowest BCUT2D eigenvalue weighted by atomic mass is 10.1. The fourth-order valence-corrected chi connectivity index (χ4v) is 3.42. The SMILES string of the molecule is Cc1ccc(OCCn2cc(C=C3C(=O)NC(=S)NC3=O)c3ccccc32)cc1. The molecule has 0 unspecified atom stereocenters. The molecule has 1 fully saturated rings. The summed E-state index contributed by atoms with van der Waals surface area (Å²) in [6.07, 6.45) is 3.51. The highest BCUT2D eigenvalue weighted by atomic mass is 32.1. The molecule has 0 saturated carbocycles. The minimum absolute atomic E-state index is 0.0211. The van der Waals surface area contributed by atoms with E-state index >= 15 is 0 Å². The van der Waals surface area contributed by atoms with Crippen LogP contribution in [0.25, 0.3) is 17.0 Å². The Morgan fingerprint density at radius 2 is 1.72 bits per heavy atom. The number of hydrogen-bond acceptors (Lipinski definition) is 4. The molecule has 7 heteroatoms. The number of benzene rings is 2. The second kappa shape index (κ2) is 7.89. The minimum Gasteiger partial charge on any atom is -0.492 e. The molecule has 2 amide bonds. The summed E-state index contributed by atoms with van der Waals surface area (Å²) < 4.78 is 7.89. The van der Waals surface area contributed by atoms with Crippen molar-refractivity contribution in [3.8, 4) is 5.75 Å². The third-order valence-electron chi connectivity index (χ3n) is 4.68. The average Bonchev–Trinajstić information content (AvgIpc) is 3.04. The maximum atomic E-state index is 12.2. The summed E-state index contributed by atoms with van der Waals surface area (Å²) in [6.45, 7) is 3.15. The first kappa shape index (κ1) is 18.9. The van der Waals surface area contributed by atoms with E-state index in [1.807, 2.05) is 61.7 Å². The maximum Gasteiger partial charge on any atom is 0.263 e. The topological polar surface area (TPSA) is 72.4 Å². The predicted molar refractivity (Wildman–Crippen MR) is 115 cm³/mol. The lowest BCUT2D eigenvalue weighted by Gasteiger charge is -2.16. The normalized spacial score (nSPS) is 14.0. The molecule has 29 heavy (non-hydrogen) atoms. The van der Waals surface area contributed by atoms with Gasteiger partial charge in [-0.3, -0.25) is 20.2 Å². The van der Waals surface area contributed by atoms with Gasteiger partial charge >= 0.3 is 0 Å². The Morgan fingerprint density at radius 3 is 2.45 bits per heavy atom. The van der Waals surface area contributed by atoms with Gasteiger partial charge in [0.05, 0.1) is 6.54 Å². The van der Waals surface area contributed by atoms with Crippen molar-refractivity contribution < 1.29 is 14.3 Å². The van der Waals surface area contributed by atoms with E-state index in [9.17, 15) is 9.59 Å². The van der Waals surface area contributed by atoms with Crippen LogP contribution >= 0.6 is 12.2 Å². The molecule has 4 rings (SSSR count). The second-order valence-corrected chi connectivity index (χ2v) is 7.16. The number of aryl methyl sites for hydroxylation is 1. The third-order valence-corrected chi connectivity index (χ3v) is 4.89. The molecule has 0 bridgehead atoms. The summed E-state index contributed by atoms with van der Waals surface area (Å²) in [6, 6.07) is 15.8. The summed E-state index contributed by atoms with van der Waals surface area (Å²) in [5.41, 5.74) is 2.99. The van der Waals surface area contributed by atoms with E-state index in [1.54, 1.807) is 6.08 Å².